The number of thioether (sulfide) groups is 2. The molecule has 2 aromatic carbocycles. The number of thiocarbonyl (C=S) groups is 1. The first-order chi connectivity index (χ1) is 11.1. The van der Waals surface area contributed by atoms with Crippen molar-refractivity contribution in [2.45, 2.75) is 4.90 Å². The van der Waals surface area contributed by atoms with E-state index < -0.39 is 0 Å². The number of amides is 1. The Morgan fingerprint density at radius 2 is 1.78 bits per heavy atom. The second-order valence-corrected chi connectivity index (χ2v) is 8.24. The monoisotopic (exact) mass is 421 g/mol. The third kappa shape index (κ3) is 3.71. The van der Waals surface area contributed by atoms with Gasteiger partial charge in [0.05, 0.1) is 10.6 Å². The molecule has 23 heavy (non-hydrogen) atoms. The molecule has 0 saturated carbocycles. The molecule has 0 N–H and O–H groups in total. The van der Waals surface area contributed by atoms with Crippen LogP contribution in [0, 0.1) is 0 Å². The molecule has 0 bridgehead atoms. The molecule has 1 saturated heterocycles. The highest BCUT2D eigenvalue weighted by molar-refractivity contribution is 9.10. The average molecular weight is 422 g/mol. The summed E-state index contributed by atoms with van der Waals surface area (Å²) in [6.07, 6.45) is 3.93. The summed E-state index contributed by atoms with van der Waals surface area (Å²) < 4.78 is 1.53. The maximum atomic E-state index is 12.7. The highest BCUT2D eigenvalue weighted by Gasteiger charge is 2.33. The number of hydrogen-bond donors (Lipinski definition) is 0. The summed E-state index contributed by atoms with van der Waals surface area (Å²) in [7, 11) is 0. The SMILES string of the molecule is CSc1ccc(C=C2SC(=S)N(c3ccc(Br)cc3)C2=O)cc1. The van der Waals surface area contributed by atoms with Crippen LogP contribution < -0.4 is 4.90 Å². The van der Waals surface area contributed by atoms with Crippen molar-refractivity contribution in [3.05, 3.63) is 63.5 Å². The highest BCUT2D eigenvalue weighted by Crippen LogP contribution is 2.36. The molecule has 0 aromatic heterocycles. The van der Waals surface area contributed by atoms with Crippen molar-refractivity contribution >= 4 is 73.7 Å². The van der Waals surface area contributed by atoms with Crippen LogP contribution in [0.15, 0.2) is 62.8 Å². The molecule has 1 heterocycles. The zero-order valence-electron chi connectivity index (χ0n) is 12.2. The number of rotatable bonds is 3. The van der Waals surface area contributed by atoms with Crippen molar-refractivity contribution in [3.8, 4) is 0 Å². The zero-order valence-corrected chi connectivity index (χ0v) is 16.2. The first-order valence-corrected chi connectivity index (χ1v) is 10.0. The topological polar surface area (TPSA) is 20.3 Å². The predicted octanol–water partition coefficient (Wildman–Crippen LogP) is 5.58. The van der Waals surface area contributed by atoms with Crippen molar-refractivity contribution in [2.24, 2.45) is 0 Å². The summed E-state index contributed by atoms with van der Waals surface area (Å²) >= 11 is 11.8. The number of carbonyl (C=O) groups is 1. The first-order valence-electron chi connectivity index (χ1n) is 6.76. The fraction of sp³-hybridized carbons (Fsp3) is 0.0588. The number of hydrogen-bond acceptors (Lipinski definition) is 4. The van der Waals surface area contributed by atoms with E-state index in [1.165, 1.54) is 16.7 Å². The number of carbonyl (C=O) groups excluding carboxylic acids is 1. The maximum absolute atomic E-state index is 12.7. The van der Waals surface area contributed by atoms with Crippen LogP contribution in [0.3, 0.4) is 0 Å². The Hall–Kier alpha value is -1.08. The standard InChI is InChI=1S/C17H12BrNOS3/c1-22-14-8-2-11(3-9-14)10-15-16(20)19(17(21)23-15)13-6-4-12(18)5-7-13/h2-10H,1H3. The van der Waals surface area contributed by atoms with Gasteiger partial charge in [-0.25, -0.2) is 0 Å². The lowest BCUT2D eigenvalue weighted by atomic mass is 10.2. The summed E-state index contributed by atoms with van der Waals surface area (Å²) in [4.78, 5) is 16.1. The molecule has 3 rings (SSSR count). The largest absolute Gasteiger partial charge is 0.270 e. The van der Waals surface area contributed by atoms with Gasteiger partial charge in [-0.15, -0.1) is 11.8 Å². The van der Waals surface area contributed by atoms with E-state index in [4.69, 9.17) is 12.2 Å². The van der Waals surface area contributed by atoms with Crippen molar-refractivity contribution in [3.63, 3.8) is 0 Å². The molecule has 0 spiro atoms. The van der Waals surface area contributed by atoms with Crippen molar-refractivity contribution in [1.82, 2.24) is 0 Å². The molecular weight excluding hydrogens is 410 g/mol. The summed E-state index contributed by atoms with van der Waals surface area (Å²) in [6.45, 7) is 0. The van der Waals surface area contributed by atoms with Gasteiger partial charge in [0, 0.05) is 9.37 Å². The lowest BCUT2D eigenvalue weighted by Crippen LogP contribution is -2.27. The van der Waals surface area contributed by atoms with Gasteiger partial charge >= 0.3 is 0 Å². The second kappa shape index (κ2) is 7.21. The van der Waals surface area contributed by atoms with E-state index in [1.807, 2.05) is 60.9 Å². The summed E-state index contributed by atoms with van der Waals surface area (Å²) in [5.41, 5.74) is 1.79. The van der Waals surface area contributed by atoms with E-state index in [0.29, 0.717) is 9.23 Å². The van der Waals surface area contributed by atoms with E-state index in [-0.39, 0.29) is 5.91 Å². The minimum atomic E-state index is -0.0729. The smallest absolute Gasteiger partial charge is 0.268 e. The number of halogens is 1. The Bertz CT molecular complexity index is 784. The molecule has 2 aromatic rings. The average Bonchev–Trinajstić information content (AvgIpc) is 2.83. The van der Waals surface area contributed by atoms with Gasteiger partial charge in [0.15, 0.2) is 4.32 Å². The first kappa shape index (κ1) is 16.8. The number of nitrogens with zero attached hydrogens (tertiary/aromatic N) is 1. The fourth-order valence-corrected chi connectivity index (χ4v) is 4.10. The van der Waals surface area contributed by atoms with E-state index in [9.17, 15) is 4.79 Å². The Kier molecular flexibility index (Phi) is 5.26. The van der Waals surface area contributed by atoms with Gasteiger partial charge in [-0.3, -0.25) is 9.69 Å². The van der Waals surface area contributed by atoms with Crippen LogP contribution in [-0.2, 0) is 4.79 Å². The van der Waals surface area contributed by atoms with Crippen LogP contribution >= 0.6 is 51.7 Å². The molecule has 1 fully saturated rings. The maximum Gasteiger partial charge on any atom is 0.270 e. The molecule has 2 nitrogen and oxygen atoms in total. The summed E-state index contributed by atoms with van der Waals surface area (Å²) in [5, 5.41) is 0. The Balaban J connectivity index is 1.88. The van der Waals surface area contributed by atoms with Crippen LogP contribution in [0.2, 0.25) is 0 Å². The van der Waals surface area contributed by atoms with Crippen LogP contribution in [-0.4, -0.2) is 16.5 Å². The lowest BCUT2D eigenvalue weighted by Gasteiger charge is -2.14. The molecule has 0 aliphatic carbocycles. The number of anilines is 1. The van der Waals surface area contributed by atoms with Crippen LogP contribution in [0.25, 0.3) is 6.08 Å². The molecule has 116 valence electrons. The van der Waals surface area contributed by atoms with Crippen molar-refractivity contribution < 1.29 is 4.79 Å². The Labute approximate surface area is 157 Å². The van der Waals surface area contributed by atoms with Crippen molar-refractivity contribution in [1.29, 1.82) is 0 Å². The van der Waals surface area contributed by atoms with E-state index in [1.54, 1.807) is 16.7 Å². The van der Waals surface area contributed by atoms with Gasteiger partial charge in [0.25, 0.3) is 5.91 Å². The third-order valence-corrected chi connectivity index (χ3v) is 5.87. The quantitative estimate of drug-likeness (QED) is 0.366. The predicted molar refractivity (Wildman–Crippen MR) is 108 cm³/mol. The van der Waals surface area contributed by atoms with Gasteiger partial charge in [-0.05, 0) is 54.3 Å². The molecular formula is C17H12BrNOS3. The van der Waals surface area contributed by atoms with Gasteiger partial charge in [-0.2, -0.15) is 0 Å². The van der Waals surface area contributed by atoms with Gasteiger partial charge in [-0.1, -0.05) is 52.0 Å². The Morgan fingerprint density at radius 3 is 2.39 bits per heavy atom. The number of benzene rings is 2. The second-order valence-electron chi connectivity index (χ2n) is 4.77. The van der Waals surface area contributed by atoms with Gasteiger partial charge in [0.2, 0.25) is 0 Å². The zero-order chi connectivity index (χ0) is 16.4. The van der Waals surface area contributed by atoms with Crippen LogP contribution in [0.1, 0.15) is 5.56 Å². The van der Waals surface area contributed by atoms with E-state index in [0.717, 1.165) is 15.7 Å². The normalized spacial score (nSPS) is 16.4. The third-order valence-electron chi connectivity index (χ3n) is 3.29. The van der Waals surface area contributed by atoms with Crippen LogP contribution in [0.5, 0.6) is 0 Å². The fourth-order valence-electron chi connectivity index (χ4n) is 2.13. The summed E-state index contributed by atoms with van der Waals surface area (Å²) in [5.74, 6) is -0.0729. The Morgan fingerprint density at radius 1 is 1.13 bits per heavy atom. The molecule has 0 radical (unpaired) electrons. The van der Waals surface area contributed by atoms with E-state index in [2.05, 4.69) is 15.9 Å². The van der Waals surface area contributed by atoms with Crippen molar-refractivity contribution in [2.75, 3.05) is 11.2 Å². The summed E-state index contributed by atoms with van der Waals surface area (Å²) in [6, 6.07) is 15.7. The molecule has 0 unspecified atom stereocenters. The molecule has 6 heteroatoms. The molecule has 1 amide bonds. The van der Waals surface area contributed by atoms with Gasteiger partial charge in [0.1, 0.15) is 0 Å². The molecule has 1 aliphatic heterocycles. The minimum absolute atomic E-state index is 0.0729. The van der Waals surface area contributed by atoms with Gasteiger partial charge < -0.3 is 0 Å². The minimum Gasteiger partial charge on any atom is -0.268 e. The molecule has 1 aliphatic rings. The lowest BCUT2D eigenvalue weighted by molar-refractivity contribution is -0.113. The molecule has 0 atom stereocenters. The van der Waals surface area contributed by atoms with Crippen LogP contribution in [0.4, 0.5) is 5.69 Å². The highest BCUT2D eigenvalue weighted by atomic mass is 79.9. The van der Waals surface area contributed by atoms with E-state index >= 15 is 0 Å².